The first kappa shape index (κ1) is 16.6. The van der Waals surface area contributed by atoms with Gasteiger partial charge in [-0.2, -0.15) is 0 Å². The van der Waals surface area contributed by atoms with Crippen LogP contribution in [0, 0.1) is 0 Å². The molecule has 0 saturated carbocycles. The number of carbonyl (C=O) groups excluding carboxylic acids is 1. The molecule has 7 heteroatoms. The van der Waals surface area contributed by atoms with E-state index in [0.29, 0.717) is 10.7 Å². The zero-order valence-electron chi connectivity index (χ0n) is 12.5. The average molecular weight is 342 g/mol. The minimum Gasteiger partial charge on any atom is -0.338 e. The van der Waals surface area contributed by atoms with E-state index in [1.54, 1.807) is 24.3 Å². The zero-order chi connectivity index (χ0) is 16.3. The Bertz CT molecular complexity index is 683. The summed E-state index contributed by atoms with van der Waals surface area (Å²) in [6.45, 7) is 6.18. The van der Waals surface area contributed by atoms with Gasteiger partial charge in [0.25, 0.3) is 0 Å². The van der Waals surface area contributed by atoms with Crippen molar-refractivity contribution in [1.82, 2.24) is 5.16 Å². The molecule has 0 aliphatic carbocycles. The summed E-state index contributed by atoms with van der Waals surface area (Å²) in [5.41, 5.74) is 1.09. The number of nitrogens with one attached hydrogen (secondary N) is 2. The molecule has 1 heterocycles. The van der Waals surface area contributed by atoms with Crippen molar-refractivity contribution in [2.75, 3.05) is 10.6 Å². The number of carbonyl (C=O) groups is 1. The van der Waals surface area contributed by atoms with Crippen LogP contribution in [0.1, 0.15) is 32.9 Å². The van der Waals surface area contributed by atoms with Gasteiger partial charge in [-0.3, -0.25) is 5.32 Å². The number of rotatable bonds is 4. The number of halogens is 2. The number of hydrogen-bond acceptors (Lipinski definition) is 3. The third-order valence-corrected chi connectivity index (χ3v) is 4.34. The predicted molar refractivity (Wildman–Crippen MR) is 88.9 cm³/mol. The summed E-state index contributed by atoms with van der Waals surface area (Å²) in [7, 11) is 0. The van der Waals surface area contributed by atoms with Crippen LogP contribution < -0.4 is 10.6 Å². The third-order valence-electron chi connectivity index (χ3n) is 3.52. The fourth-order valence-electron chi connectivity index (χ4n) is 1.70. The highest BCUT2D eigenvalue weighted by atomic mass is 35.5. The van der Waals surface area contributed by atoms with Crippen LogP contribution in [-0.2, 0) is 5.41 Å². The normalized spacial score (nSPS) is 11.3. The van der Waals surface area contributed by atoms with Gasteiger partial charge in [0.1, 0.15) is 0 Å². The Kier molecular flexibility index (Phi) is 4.98. The Morgan fingerprint density at radius 1 is 1.32 bits per heavy atom. The van der Waals surface area contributed by atoms with Crippen molar-refractivity contribution in [1.29, 1.82) is 0 Å². The lowest BCUT2D eigenvalue weighted by atomic mass is 9.87. The second-order valence-electron chi connectivity index (χ2n) is 5.49. The maximum absolute atomic E-state index is 12.0. The van der Waals surface area contributed by atoms with E-state index in [4.69, 9.17) is 27.7 Å². The Hall–Kier alpha value is -1.72. The highest BCUT2D eigenvalue weighted by Gasteiger charge is 2.23. The number of nitrogens with zero attached hydrogens (tertiary/aromatic N) is 1. The maximum Gasteiger partial charge on any atom is 0.326 e. The van der Waals surface area contributed by atoms with E-state index >= 15 is 0 Å². The minimum absolute atomic E-state index is 0.115. The molecule has 22 heavy (non-hydrogen) atoms. The van der Waals surface area contributed by atoms with Crippen LogP contribution in [0.15, 0.2) is 28.8 Å². The standard InChI is InChI=1S/C15H17Cl2N3O2/c1-4-15(2,3)11-8-12(22-20-11)19-14(21)18-10-7-5-6-9(16)13(10)17/h5-8H,4H2,1-3H3,(H2,18,19,21). The lowest BCUT2D eigenvalue weighted by Gasteiger charge is -2.18. The Morgan fingerprint density at radius 3 is 2.73 bits per heavy atom. The van der Waals surface area contributed by atoms with E-state index in [1.165, 1.54) is 0 Å². The van der Waals surface area contributed by atoms with E-state index in [2.05, 4.69) is 36.6 Å². The quantitative estimate of drug-likeness (QED) is 0.791. The van der Waals surface area contributed by atoms with Crippen molar-refractivity contribution >= 4 is 40.8 Å². The molecule has 1 aromatic heterocycles. The maximum atomic E-state index is 12.0. The van der Waals surface area contributed by atoms with Gasteiger partial charge in [-0.05, 0) is 18.6 Å². The molecule has 1 aromatic carbocycles. The zero-order valence-corrected chi connectivity index (χ0v) is 14.0. The molecule has 0 atom stereocenters. The minimum atomic E-state index is -0.485. The molecule has 0 fully saturated rings. The van der Waals surface area contributed by atoms with Gasteiger partial charge in [0, 0.05) is 11.5 Å². The van der Waals surface area contributed by atoms with Gasteiger partial charge in [0.15, 0.2) is 0 Å². The molecule has 2 amide bonds. The largest absolute Gasteiger partial charge is 0.338 e. The number of aromatic nitrogens is 1. The Balaban J connectivity index is 2.05. The number of benzene rings is 1. The summed E-state index contributed by atoms with van der Waals surface area (Å²) in [5.74, 6) is 0.271. The van der Waals surface area contributed by atoms with Crippen LogP contribution in [-0.4, -0.2) is 11.2 Å². The molecule has 0 spiro atoms. The molecule has 0 radical (unpaired) electrons. The highest BCUT2D eigenvalue weighted by Crippen LogP contribution is 2.30. The van der Waals surface area contributed by atoms with E-state index < -0.39 is 6.03 Å². The SMILES string of the molecule is CCC(C)(C)c1cc(NC(=O)Nc2cccc(Cl)c2Cl)on1. The smallest absolute Gasteiger partial charge is 0.326 e. The third kappa shape index (κ3) is 3.72. The number of anilines is 2. The van der Waals surface area contributed by atoms with Crippen LogP contribution in [0.25, 0.3) is 0 Å². The van der Waals surface area contributed by atoms with Crippen LogP contribution in [0.5, 0.6) is 0 Å². The molecule has 0 aliphatic rings. The van der Waals surface area contributed by atoms with Crippen molar-refractivity contribution in [2.45, 2.75) is 32.6 Å². The van der Waals surface area contributed by atoms with Gasteiger partial charge in [-0.25, -0.2) is 4.79 Å². The fourth-order valence-corrected chi connectivity index (χ4v) is 2.05. The lowest BCUT2D eigenvalue weighted by molar-refractivity contribution is 0.261. The lowest BCUT2D eigenvalue weighted by Crippen LogP contribution is -2.19. The first-order valence-corrected chi connectivity index (χ1v) is 7.58. The summed E-state index contributed by atoms with van der Waals surface area (Å²) in [6.07, 6.45) is 0.906. The van der Waals surface area contributed by atoms with Gasteiger partial charge < -0.3 is 9.84 Å². The highest BCUT2D eigenvalue weighted by molar-refractivity contribution is 6.44. The van der Waals surface area contributed by atoms with Crippen molar-refractivity contribution in [2.24, 2.45) is 0 Å². The molecule has 0 unspecified atom stereocenters. The Labute approximate surface area is 139 Å². The van der Waals surface area contributed by atoms with Crippen molar-refractivity contribution in [3.8, 4) is 0 Å². The molecule has 0 bridgehead atoms. The molecule has 0 saturated heterocycles. The summed E-state index contributed by atoms with van der Waals surface area (Å²) >= 11 is 11.9. The summed E-state index contributed by atoms with van der Waals surface area (Å²) in [4.78, 5) is 12.0. The van der Waals surface area contributed by atoms with Crippen LogP contribution in [0.4, 0.5) is 16.4 Å². The van der Waals surface area contributed by atoms with E-state index in [0.717, 1.165) is 12.1 Å². The van der Waals surface area contributed by atoms with Crippen molar-refractivity contribution < 1.29 is 9.32 Å². The monoisotopic (exact) mass is 341 g/mol. The van der Waals surface area contributed by atoms with Crippen LogP contribution in [0.2, 0.25) is 10.0 Å². The average Bonchev–Trinajstić information content (AvgIpc) is 2.93. The fraction of sp³-hybridized carbons (Fsp3) is 0.333. The molecule has 118 valence electrons. The molecule has 5 nitrogen and oxygen atoms in total. The molecule has 2 rings (SSSR count). The number of hydrogen-bond donors (Lipinski definition) is 2. The summed E-state index contributed by atoms with van der Waals surface area (Å²) in [6, 6.07) is 6.21. The van der Waals surface area contributed by atoms with Gasteiger partial charge in [-0.15, -0.1) is 0 Å². The molecule has 2 N–H and O–H groups in total. The van der Waals surface area contributed by atoms with Crippen molar-refractivity contribution in [3.05, 3.63) is 40.0 Å². The predicted octanol–water partition coefficient (Wildman–Crippen LogP) is 5.31. The summed E-state index contributed by atoms with van der Waals surface area (Å²) in [5, 5.41) is 9.81. The first-order chi connectivity index (χ1) is 10.3. The molecule has 0 aliphatic heterocycles. The number of urea groups is 1. The first-order valence-electron chi connectivity index (χ1n) is 6.82. The second-order valence-corrected chi connectivity index (χ2v) is 6.28. The van der Waals surface area contributed by atoms with Gasteiger partial charge in [0.05, 0.1) is 21.4 Å². The molecular formula is C15H17Cl2N3O2. The Morgan fingerprint density at radius 2 is 2.05 bits per heavy atom. The van der Waals surface area contributed by atoms with E-state index in [-0.39, 0.29) is 16.3 Å². The second kappa shape index (κ2) is 6.58. The van der Waals surface area contributed by atoms with E-state index in [9.17, 15) is 4.79 Å². The van der Waals surface area contributed by atoms with E-state index in [1.807, 2.05) is 0 Å². The van der Waals surface area contributed by atoms with Crippen LogP contribution >= 0.6 is 23.2 Å². The molecular weight excluding hydrogens is 325 g/mol. The summed E-state index contributed by atoms with van der Waals surface area (Å²) < 4.78 is 5.13. The molecule has 2 aromatic rings. The van der Waals surface area contributed by atoms with Gasteiger partial charge in [-0.1, -0.05) is 55.2 Å². The van der Waals surface area contributed by atoms with Gasteiger partial charge >= 0.3 is 6.03 Å². The van der Waals surface area contributed by atoms with Crippen LogP contribution in [0.3, 0.4) is 0 Å². The number of amides is 2. The van der Waals surface area contributed by atoms with Gasteiger partial charge in [0.2, 0.25) is 5.88 Å². The topological polar surface area (TPSA) is 67.2 Å². The van der Waals surface area contributed by atoms with Crippen molar-refractivity contribution in [3.63, 3.8) is 0 Å².